The smallest absolute Gasteiger partial charge is 0.237 e. The number of para-hydroxylation sites is 1. The van der Waals surface area contributed by atoms with Gasteiger partial charge in [0.2, 0.25) is 5.91 Å². The quantitative estimate of drug-likeness (QED) is 0.547. The van der Waals surface area contributed by atoms with Crippen LogP contribution in [-0.4, -0.2) is 41.2 Å². The van der Waals surface area contributed by atoms with Gasteiger partial charge in [-0.1, -0.05) is 48.0 Å². The second-order valence-electron chi connectivity index (χ2n) is 6.96. The number of aliphatic hydroxyl groups is 1. The molecule has 1 amide bonds. The van der Waals surface area contributed by atoms with E-state index in [1.165, 1.54) is 0 Å². The van der Waals surface area contributed by atoms with E-state index in [2.05, 4.69) is 21.7 Å². The highest BCUT2D eigenvalue weighted by Gasteiger charge is 2.29. The van der Waals surface area contributed by atoms with Crippen LogP contribution in [0.25, 0.3) is 10.9 Å². The van der Waals surface area contributed by atoms with Crippen LogP contribution in [0, 0.1) is 0 Å². The first-order chi connectivity index (χ1) is 13.1. The summed E-state index contributed by atoms with van der Waals surface area (Å²) in [5.41, 5.74) is 3.12. The average molecular weight is 384 g/mol. The Kier molecular flexibility index (Phi) is 5.16. The van der Waals surface area contributed by atoms with Gasteiger partial charge < -0.3 is 20.7 Å². The normalized spacial score (nSPS) is 20.7. The van der Waals surface area contributed by atoms with Crippen LogP contribution >= 0.6 is 11.6 Å². The summed E-state index contributed by atoms with van der Waals surface area (Å²) in [6.45, 7) is 0.882. The van der Waals surface area contributed by atoms with Gasteiger partial charge in [0.25, 0.3) is 0 Å². The number of aliphatic hydroxyl groups excluding tert-OH is 1. The Balaban J connectivity index is 1.63. The van der Waals surface area contributed by atoms with Gasteiger partial charge in [0, 0.05) is 41.1 Å². The predicted molar refractivity (Wildman–Crippen MR) is 107 cm³/mol. The molecule has 2 heterocycles. The van der Waals surface area contributed by atoms with Crippen molar-refractivity contribution in [2.75, 3.05) is 13.1 Å². The molecule has 3 aromatic rings. The van der Waals surface area contributed by atoms with Crippen LogP contribution in [0.15, 0.2) is 54.7 Å². The lowest BCUT2D eigenvalue weighted by Crippen LogP contribution is -2.42. The summed E-state index contributed by atoms with van der Waals surface area (Å²) in [4.78, 5) is 15.8. The van der Waals surface area contributed by atoms with Crippen molar-refractivity contribution in [3.63, 3.8) is 0 Å². The summed E-state index contributed by atoms with van der Waals surface area (Å²) in [5.74, 6) is -0.173. The van der Waals surface area contributed by atoms with Gasteiger partial charge in [-0.05, 0) is 29.7 Å². The summed E-state index contributed by atoms with van der Waals surface area (Å²) < 4.78 is 0. The third-order valence-electron chi connectivity index (χ3n) is 5.18. The van der Waals surface area contributed by atoms with Crippen LogP contribution in [0.5, 0.6) is 0 Å². The number of H-pyrrole nitrogens is 1. The van der Waals surface area contributed by atoms with Crippen molar-refractivity contribution in [3.05, 3.63) is 70.9 Å². The monoisotopic (exact) mass is 383 g/mol. The lowest BCUT2D eigenvalue weighted by Gasteiger charge is -2.20. The van der Waals surface area contributed by atoms with Crippen molar-refractivity contribution in [2.24, 2.45) is 0 Å². The number of hydrogen-bond donors (Lipinski definition) is 4. The van der Waals surface area contributed by atoms with E-state index < -0.39 is 6.10 Å². The van der Waals surface area contributed by atoms with E-state index in [9.17, 15) is 9.90 Å². The largest absolute Gasteiger partial charge is 0.392 e. The first-order valence-corrected chi connectivity index (χ1v) is 9.51. The van der Waals surface area contributed by atoms with Crippen molar-refractivity contribution in [3.8, 4) is 0 Å². The third-order valence-corrected chi connectivity index (χ3v) is 5.53. The van der Waals surface area contributed by atoms with E-state index in [0.29, 0.717) is 24.5 Å². The van der Waals surface area contributed by atoms with Gasteiger partial charge in [-0.15, -0.1) is 0 Å². The number of fused-ring (bicyclic) bond motifs is 1. The molecule has 27 heavy (non-hydrogen) atoms. The van der Waals surface area contributed by atoms with Crippen LogP contribution in [0.4, 0.5) is 0 Å². The maximum atomic E-state index is 12.5. The zero-order valence-electron chi connectivity index (χ0n) is 14.8. The van der Waals surface area contributed by atoms with Crippen molar-refractivity contribution in [1.29, 1.82) is 0 Å². The topological polar surface area (TPSA) is 77.2 Å². The van der Waals surface area contributed by atoms with Crippen LogP contribution in [0.1, 0.15) is 23.5 Å². The Labute approximate surface area is 162 Å². The van der Waals surface area contributed by atoms with Crippen molar-refractivity contribution in [1.82, 2.24) is 15.6 Å². The highest BCUT2D eigenvalue weighted by atomic mass is 35.5. The molecule has 0 unspecified atom stereocenters. The number of carbonyl (C=O) groups is 1. The van der Waals surface area contributed by atoms with Gasteiger partial charge in [0.05, 0.1) is 12.1 Å². The van der Waals surface area contributed by atoms with Gasteiger partial charge in [-0.25, -0.2) is 0 Å². The van der Waals surface area contributed by atoms with E-state index in [-0.39, 0.29) is 17.9 Å². The molecule has 5 nitrogen and oxygen atoms in total. The summed E-state index contributed by atoms with van der Waals surface area (Å²) >= 11 is 6.48. The number of halogens is 1. The van der Waals surface area contributed by atoms with E-state index in [1.54, 1.807) is 0 Å². The molecule has 0 bridgehead atoms. The summed E-state index contributed by atoms with van der Waals surface area (Å²) in [5, 5.41) is 17.5. The zero-order valence-corrected chi connectivity index (χ0v) is 15.5. The number of nitrogens with one attached hydrogen (secondary N) is 3. The number of β-amino-alcohol motifs (C(OH)–C–C–N with tert-alkyl or cyclic N) is 1. The van der Waals surface area contributed by atoms with E-state index in [0.717, 1.165) is 22.0 Å². The van der Waals surface area contributed by atoms with E-state index in [4.69, 9.17) is 11.6 Å². The molecule has 0 spiro atoms. The fourth-order valence-corrected chi connectivity index (χ4v) is 4.04. The van der Waals surface area contributed by atoms with E-state index >= 15 is 0 Å². The Morgan fingerprint density at radius 1 is 1.19 bits per heavy atom. The molecule has 4 rings (SSSR count). The Hall–Kier alpha value is -2.34. The maximum Gasteiger partial charge on any atom is 0.237 e. The first kappa shape index (κ1) is 18.0. The minimum atomic E-state index is -0.464. The molecule has 1 aromatic heterocycles. The minimum absolute atomic E-state index is 0.0786. The zero-order chi connectivity index (χ0) is 18.8. The maximum absolute atomic E-state index is 12.5. The van der Waals surface area contributed by atoms with Crippen LogP contribution in [0.2, 0.25) is 5.02 Å². The molecule has 0 radical (unpaired) electrons. The Morgan fingerprint density at radius 3 is 2.74 bits per heavy atom. The summed E-state index contributed by atoms with van der Waals surface area (Å²) in [6, 6.07) is 15.5. The molecule has 3 atom stereocenters. The van der Waals surface area contributed by atoms with Crippen LogP contribution in [-0.2, 0) is 4.79 Å². The standard InChI is InChI=1S/C21H22ClN3O2/c22-18-7-3-1-5-14(18)16(12-25-21(27)20-9-13(26)10-23-20)17-11-24-19-8-4-2-6-15(17)19/h1-8,11,13,16,20,23-24,26H,9-10,12H2,(H,25,27)/t13-,16-,20-/m1/s1. The lowest BCUT2D eigenvalue weighted by atomic mass is 9.90. The summed E-state index contributed by atoms with van der Waals surface area (Å²) in [7, 11) is 0. The molecular weight excluding hydrogens is 362 g/mol. The number of carbonyl (C=O) groups excluding carboxylic acids is 1. The third kappa shape index (κ3) is 3.72. The van der Waals surface area contributed by atoms with Gasteiger partial charge in [-0.2, -0.15) is 0 Å². The average Bonchev–Trinajstić information content (AvgIpc) is 3.30. The van der Waals surface area contributed by atoms with Gasteiger partial charge >= 0.3 is 0 Å². The van der Waals surface area contributed by atoms with Crippen molar-refractivity contribution < 1.29 is 9.90 Å². The molecule has 1 aliphatic rings. The lowest BCUT2D eigenvalue weighted by molar-refractivity contribution is -0.122. The summed E-state index contributed by atoms with van der Waals surface area (Å²) in [6.07, 6.45) is 1.96. The molecular formula is C21H22ClN3O2. The van der Waals surface area contributed by atoms with Crippen molar-refractivity contribution in [2.45, 2.75) is 24.5 Å². The molecule has 1 fully saturated rings. The van der Waals surface area contributed by atoms with Crippen molar-refractivity contribution >= 4 is 28.4 Å². The van der Waals surface area contributed by atoms with Crippen LogP contribution in [0.3, 0.4) is 0 Å². The molecule has 1 saturated heterocycles. The number of rotatable bonds is 5. The van der Waals surface area contributed by atoms with Gasteiger partial charge in [-0.3, -0.25) is 4.79 Å². The second kappa shape index (κ2) is 7.72. The Morgan fingerprint density at radius 2 is 1.96 bits per heavy atom. The molecule has 6 heteroatoms. The van der Waals surface area contributed by atoms with Gasteiger partial charge in [0.1, 0.15) is 0 Å². The molecule has 2 aromatic carbocycles. The molecule has 1 aliphatic heterocycles. The number of benzene rings is 2. The molecule has 4 N–H and O–H groups in total. The Bertz CT molecular complexity index is 955. The number of amides is 1. The molecule has 0 saturated carbocycles. The van der Waals surface area contributed by atoms with Crippen LogP contribution < -0.4 is 10.6 Å². The SMILES string of the molecule is O=C(NC[C@H](c1ccccc1Cl)c1c[nH]c2ccccc12)[C@H]1C[C@@H](O)CN1. The van der Waals surface area contributed by atoms with E-state index in [1.807, 2.05) is 48.7 Å². The molecule has 140 valence electrons. The predicted octanol–water partition coefficient (Wildman–Crippen LogP) is 2.79. The number of hydrogen-bond acceptors (Lipinski definition) is 3. The highest BCUT2D eigenvalue weighted by molar-refractivity contribution is 6.31. The van der Waals surface area contributed by atoms with Gasteiger partial charge in [0.15, 0.2) is 0 Å². The number of aromatic amines is 1. The minimum Gasteiger partial charge on any atom is -0.392 e. The fraction of sp³-hybridized carbons (Fsp3) is 0.286. The number of aromatic nitrogens is 1. The fourth-order valence-electron chi connectivity index (χ4n) is 3.77. The highest BCUT2D eigenvalue weighted by Crippen LogP contribution is 2.34. The first-order valence-electron chi connectivity index (χ1n) is 9.13. The second-order valence-corrected chi connectivity index (χ2v) is 7.37. The molecule has 0 aliphatic carbocycles.